The highest BCUT2D eigenvalue weighted by atomic mass is 19.4. The predicted molar refractivity (Wildman–Crippen MR) is 108 cm³/mol. The molecule has 0 atom stereocenters. The standard InChI is InChI=1S/C20H24F3N5O2/c1-24-18(29)15-5-3-4-14(12-15)8-9-26-19(25-2)27-10-11-30-17-7-6-16(13-28-17)20(21,22)23/h3-7,12-13H,8-11H2,1-2H3,(H,24,29)(H2,25,26,27). The number of aromatic nitrogens is 1. The number of aliphatic imine (C=N–C) groups is 1. The minimum Gasteiger partial charge on any atom is -0.476 e. The number of carbonyl (C=O) groups excluding carboxylic acids is 1. The predicted octanol–water partition coefficient (Wildman–Crippen LogP) is 2.25. The molecule has 1 amide bonds. The number of amides is 1. The number of nitrogens with zero attached hydrogens (tertiary/aromatic N) is 2. The van der Waals surface area contributed by atoms with Crippen molar-refractivity contribution in [2.45, 2.75) is 12.6 Å². The van der Waals surface area contributed by atoms with E-state index in [2.05, 4.69) is 25.9 Å². The molecule has 0 unspecified atom stereocenters. The molecule has 10 heteroatoms. The Balaban J connectivity index is 1.71. The first kappa shape index (κ1) is 23.0. The fourth-order valence-corrected chi connectivity index (χ4v) is 2.52. The van der Waals surface area contributed by atoms with E-state index in [1.54, 1.807) is 20.2 Å². The van der Waals surface area contributed by atoms with Crippen molar-refractivity contribution >= 4 is 11.9 Å². The summed E-state index contributed by atoms with van der Waals surface area (Å²) in [6.07, 6.45) is -2.99. The van der Waals surface area contributed by atoms with E-state index in [1.165, 1.54) is 6.07 Å². The van der Waals surface area contributed by atoms with Crippen LogP contribution in [0.1, 0.15) is 21.5 Å². The summed E-state index contributed by atoms with van der Waals surface area (Å²) < 4.78 is 42.8. The van der Waals surface area contributed by atoms with Crippen LogP contribution in [-0.2, 0) is 12.6 Å². The van der Waals surface area contributed by atoms with Crippen LogP contribution in [0.3, 0.4) is 0 Å². The van der Waals surface area contributed by atoms with Crippen LogP contribution in [0.2, 0.25) is 0 Å². The molecular weight excluding hydrogens is 399 g/mol. The molecule has 0 bridgehead atoms. The summed E-state index contributed by atoms with van der Waals surface area (Å²) in [5, 5.41) is 8.78. The van der Waals surface area contributed by atoms with Crippen LogP contribution >= 0.6 is 0 Å². The first-order valence-corrected chi connectivity index (χ1v) is 9.25. The molecule has 0 saturated carbocycles. The molecular formula is C20H24F3N5O2. The van der Waals surface area contributed by atoms with Crippen LogP contribution in [0.4, 0.5) is 13.2 Å². The number of alkyl halides is 3. The zero-order valence-electron chi connectivity index (χ0n) is 16.7. The summed E-state index contributed by atoms with van der Waals surface area (Å²) in [4.78, 5) is 19.4. The quantitative estimate of drug-likeness (QED) is 0.344. The Bertz CT molecular complexity index is 854. The Morgan fingerprint density at radius 1 is 1.17 bits per heavy atom. The molecule has 30 heavy (non-hydrogen) atoms. The molecule has 0 aliphatic rings. The molecule has 3 N–H and O–H groups in total. The van der Waals surface area contributed by atoms with E-state index in [-0.39, 0.29) is 18.4 Å². The number of hydrogen-bond donors (Lipinski definition) is 3. The highest BCUT2D eigenvalue weighted by Gasteiger charge is 2.30. The van der Waals surface area contributed by atoms with E-state index in [0.29, 0.717) is 31.0 Å². The van der Waals surface area contributed by atoms with E-state index in [9.17, 15) is 18.0 Å². The van der Waals surface area contributed by atoms with E-state index in [0.717, 1.165) is 17.8 Å². The van der Waals surface area contributed by atoms with Crippen LogP contribution in [-0.4, -0.2) is 50.6 Å². The van der Waals surface area contributed by atoms with Gasteiger partial charge in [-0.05, 0) is 30.2 Å². The maximum Gasteiger partial charge on any atom is 0.417 e. The van der Waals surface area contributed by atoms with E-state index >= 15 is 0 Å². The second-order valence-electron chi connectivity index (χ2n) is 6.19. The van der Waals surface area contributed by atoms with Crippen LogP contribution < -0.4 is 20.7 Å². The smallest absolute Gasteiger partial charge is 0.417 e. The van der Waals surface area contributed by atoms with Crippen LogP contribution in [0, 0.1) is 0 Å². The summed E-state index contributed by atoms with van der Waals surface area (Å²) in [5.41, 5.74) is 0.792. The van der Waals surface area contributed by atoms with Gasteiger partial charge >= 0.3 is 6.18 Å². The van der Waals surface area contributed by atoms with Crippen molar-refractivity contribution in [3.05, 3.63) is 59.3 Å². The van der Waals surface area contributed by atoms with Crippen molar-refractivity contribution in [2.75, 3.05) is 33.8 Å². The molecule has 0 radical (unpaired) electrons. The lowest BCUT2D eigenvalue weighted by Crippen LogP contribution is -2.40. The molecule has 1 aromatic heterocycles. The van der Waals surface area contributed by atoms with Crippen molar-refractivity contribution in [1.29, 1.82) is 0 Å². The highest BCUT2D eigenvalue weighted by Crippen LogP contribution is 2.29. The van der Waals surface area contributed by atoms with Gasteiger partial charge in [-0.25, -0.2) is 4.98 Å². The highest BCUT2D eigenvalue weighted by molar-refractivity contribution is 5.94. The van der Waals surface area contributed by atoms with Crippen molar-refractivity contribution in [2.24, 2.45) is 4.99 Å². The number of nitrogens with one attached hydrogen (secondary N) is 3. The van der Waals surface area contributed by atoms with Gasteiger partial charge in [0, 0.05) is 38.5 Å². The number of hydrogen-bond acceptors (Lipinski definition) is 4. The van der Waals surface area contributed by atoms with E-state index < -0.39 is 11.7 Å². The summed E-state index contributed by atoms with van der Waals surface area (Å²) in [6, 6.07) is 9.47. The molecule has 0 aliphatic heterocycles. The lowest BCUT2D eigenvalue weighted by molar-refractivity contribution is -0.137. The SMILES string of the molecule is CN=C(NCCOc1ccc(C(F)(F)F)cn1)NCCc1cccc(C(=O)NC)c1. The van der Waals surface area contributed by atoms with Gasteiger partial charge in [-0.3, -0.25) is 9.79 Å². The molecule has 2 rings (SSSR count). The zero-order chi connectivity index (χ0) is 22.0. The van der Waals surface area contributed by atoms with Gasteiger partial charge in [0.2, 0.25) is 5.88 Å². The lowest BCUT2D eigenvalue weighted by Gasteiger charge is -2.13. The average Bonchev–Trinajstić information content (AvgIpc) is 2.74. The third-order valence-electron chi connectivity index (χ3n) is 4.05. The third kappa shape index (κ3) is 7.26. The Morgan fingerprint density at radius 3 is 2.57 bits per heavy atom. The number of guanidine groups is 1. The summed E-state index contributed by atoms with van der Waals surface area (Å²) in [7, 11) is 3.21. The third-order valence-corrected chi connectivity index (χ3v) is 4.05. The topological polar surface area (TPSA) is 87.6 Å². The summed E-state index contributed by atoms with van der Waals surface area (Å²) in [6.45, 7) is 1.18. The first-order chi connectivity index (χ1) is 14.3. The van der Waals surface area contributed by atoms with Gasteiger partial charge in [0.05, 0.1) is 12.1 Å². The van der Waals surface area contributed by atoms with Gasteiger partial charge in [-0.15, -0.1) is 0 Å². The summed E-state index contributed by atoms with van der Waals surface area (Å²) in [5.74, 6) is 0.537. The Morgan fingerprint density at radius 2 is 1.93 bits per heavy atom. The number of carbonyl (C=O) groups is 1. The average molecular weight is 423 g/mol. The molecule has 0 fully saturated rings. The molecule has 7 nitrogen and oxygen atoms in total. The van der Waals surface area contributed by atoms with Crippen molar-refractivity contribution in [1.82, 2.24) is 20.9 Å². The molecule has 0 aliphatic carbocycles. The second-order valence-corrected chi connectivity index (χ2v) is 6.19. The Labute approximate surface area is 172 Å². The Kier molecular flexibility index (Phi) is 8.45. The second kappa shape index (κ2) is 11.0. The lowest BCUT2D eigenvalue weighted by atomic mass is 10.1. The maximum absolute atomic E-state index is 12.5. The molecule has 1 aromatic carbocycles. The zero-order valence-corrected chi connectivity index (χ0v) is 16.7. The van der Waals surface area contributed by atoms with Gasteiger partial charge in [0.25, 0.3) is 5.91 Å². The van der Waals surface area contributed by atoms with Crippen molar-refractivity contribution in [3.63, 3.8) is 0 Å². The van der Waals surface area contributed by atoms with Gasteiger partial charge in [0.1, 0.15) is 6.61 Å². The van der Waals surface area contributed by atoms with Crippen LogP contribution in [0.5, 0.6) is 5.88 Å². The number of ether oxygens (including phenoxy) is 1. The van der Waals surface area contributed by atoms with Crippen molar-refractivity contribution in [3.8, 4) is 5.88 Å². The molecule has 0 spiro atoms. The molecule has 162 valence electrons. The summed E-state index contributed by atoms with van der Waals surface area (Å²) >= 11 is 0. The largest absolute Gasteiger partial charge is 0.476 e. The van der Waals surface area contributed by atoms with Crippen molar-refractivity contribution < 1.29 is 22.7 Å². The molecule has 0 saturated heterocycles. The van der Waals surface area contributed by atoms with Crippen LogP contribution in [0.15, 0.2) is 47.6 Å². The number of pyridine rings is 1. The number of benzene rings is 1. The fourth-order valence-electron chi connectivity index (χ4n) is 2.52. The van der Waals surface area contributed by atoms with E-state index in [1.807, 2.05) is 18.2 Å². The van der Waals surface area contributed by atoms with Crippen LogP contribution in [0.25, 0.3) is 0 Å². The minimum atomic E-state index is -4.42. The van der Waals surface area contributed by atoms with E-state index in [4.69, 9.17) is 4.74 Å². The minimum absolute atomic E-state index is 0.115. The Hall–Kier alpha value is -3.30. The van der Waals surface area contributed by atoms with Gasteiger partial charge in [-0.2, -0.15) is 13.2 Å². The molecule has 1 heterocycles. The van der Waals surface area contributed by atoms with Gasteiger partial charge in [-0.1, -0.05) is 12.1 Å². The van der Waals surface area contributed by atoms with Gasteiger partial charge in [0.15, 0.2) is 5.96 Å². The maximum atomic E-state index is 12.5. The fraction of sp³-hybridized carbons (Fsp3) is 0.350. The molecule has 2 aromatic rings. The number of halogens is 3. The normalized spacial score (nSPS) is 11.7. The first-order valence-electron chi connectivity index (χ1n) is 9.25. The monoisotopic (exact) mass is 423 g/mol. The number of rotatable bonds is 8. The van der Waals surface area contributed by atoms with Gasteiger partial charge < -0.3 is 20.7 Å².